The quantitative estimate of drug-likeness (QED) is 0.446. The van der Waals surface area contributed by atoms with Gasteiger partial charge in [-0.2, -0.15) is 0 Å². The van der Waals surface area contributed by atoms with E-state index in [9.17, 15) is 0 Å². The van der Waals surface area contributed by atoms with E-state index >= 15 is 0 Å². The van der Waals surface area contributed by atoms with Crippen LogP contribution in [0.25, 0.3) is 0 Å². The van der Waals surface area contributed by atoms with E-state index in [0.29, 0.717) is 13.0 Å². The molecule has 1 saturated carbocycles. The van der Waals surface area contributed by atoms with Gasteiger partial charge in [0, 0.05) is 0 Å². The van der Waals surface area contributed by atoms with E-state index in [4.69, 9.17) is 26.0 Å². The Balaban J connectivity index is 2.77. The Hall–Kier alpha value is 2.37. The summed E-state index contributed by atoms with van der Waals surface area (Å²) in [6.07, 6.45) is 2.53. The summed E-state index contributed by atoms with van der Waals surface area (Å²) >= 11 is -2.56. The van der Waals surface area contributed by atoms with Crippen molar-refractivity contribution in [3.8, 4) is 0 Å². The van der Waals surface area contributed by atoms with Crippen LogP contribution in [0.1, 0.15) is 19.8 Å². The van der Waals surface area contributed by atoms with E-state index in [2.05, 4.69) is 6.92 Å². The Morgan fingerprint density at radius 1 is 1.27 bits per heavy atom. The number of hydrogen-bond acceptors (Lipinski definition) is 2. The first-order valence-corrected chi connectivity index (χ1v) is 25.2. The van der Waals surface area contributed by atoms with Crippen LogP contribution in [0, 0.1) is 0 Å². The standard InChI is InChI=1S/C9H16O2.2ClH.2Hg/c1-9(11-3)6-4-8(10-2)5-7-9;;;;/h4,7-8H,5-6H2,1-3H3;2*1H;;/q;;;2*+1/p-2. The predicted octanol–water partition coefficient (Wildman–Crippen LogP) is 3.25. The number of ether oxygens (including phenoxy) is 2. The van der Waals surface area contributed by atoms with Crippen LogP contribution in [-0.2, 0) is 56.2 Å². The van der Waals surface area contributed by atoms with Crippen LogP contribution < -0.4 is 0 Å². The van der Waals surface area contributed by atoms with Gasteiger partial charge >= 0.3 is 125 Å². The zero-order valence-electron chi connectivity index (χ0n) is 9.63. The summed E-state index contributed by atoms with van der Waals surface area (Å²) in [5.74, 6) is 0. The zero-order valence-corrected chi connectivity index (χ0v) is 22.1. The molecule has 1 rings (SSSR count). The molecule has 1 aliphatic carbocycles. The molecule has 1 fully saturated rings. The molecule has 0 radical (unpaired) electrons. The van der Waals surface area contributed by atoms with Crippen LogP contribution >= 0.6 is 16.5 Å². The molecule has 0 saturated heterocycles. The summed E-state index contributed by atoms with van der Waals surface area (Å²) in [6.45, 7) is 2.21. The zero-order chi connectivity index (χ0) is 11.5. The van der Waals surface area contributed by atoms with Crippen molar-refractivity contribution in [3.63, 3.8) is 0 Å². The normalized spacial score (nSPS) is 40.7. The van der Waals surface area contributed by atoms with Crippen molar-refractivity contribution in [1.82, 2.24) is 0 Å². The van der Waals surface area contributed by atoms with E-state index in [-0.39, 0.29) is 5.60 Å². The topological polar surface area (TPSA) is 18.5 Å². The van der Waals surface area contributed by atoms with Crippen molar-refractivity contribution in [2.45, 2.75) is 38.3 Å². The van der Waals surface area contributed by atoms with Crippen molar-refractivity contribution < 1.29 is 56.2 Å². The molecule has 4 atom stereocenters. The van der Waals surface area contributed by atoms with Gasteiger partial charge in [0.25, 0.3) is 0 Å². The second-order valence-electron chi connectivity index (χ2n) is 4.50. The van der Waals surface area contributed by atoms with Crippen molar-refractivity contribution in [3.05, 3.63) is 0 Å². The molecule has 6 heteroatoms. The third-order valence-electron chi connectivity index (χ3n) is 3.73. The molecular formula is C9H16Cl2Hg2O2. The molecule has 2 nitrogen and oxygen atoms in total. The van der Waals surface area contributed by atoms with Gasteiger partial charge in [-0.15, -0.1) is 0 Å². The fourth-order valence-corrected chi connectivity index (χ4v) is 18.4. The predicted molar refractivity (Wildman–Crippen MR) is 54.7 cm³/mol. The number of halogens is 2. The first-order chi connectivity index (χ1) is 7.11. The van der Waals surface area contributed by atoms with Gasteiger partial charge < -0.3 is 0 Å². The van der Waals surface area contributed by atoms with Crippen LogP contribution in [0.4, 0.5) is 0 Å². The molecule has 0 aromatic carbocycles. The fraction of sp³-hybridized carbons (Fsp3) is 1.00. The maximum atomic E-state index is 6.23. The SMILES string of the molecule is COC1C[CH]([Hg][Cl])C(C)(OC)C[CH]1[Hg][Cl]. The van der Waals surface area contributed by atoms with Gasteiger partial charge in [-0.3, -0.25) is 0 Å². The van der Waals surface area contributed by atoms with Gasteiger partial charge in [-0.1, -0.05) is 0 Å². The minimum atomic E-state index is -1.29. The molecule has 0 heterocycles. The molecule has 1 aliphatic rings. The Morgan fingerprint density at radius 3 is 2.33 bits per heavy atom. The second-order valence-corrected chi connectivity index (χ2v) is 20.2. The summed E-state index contributed by atoms with van der Waals surface area (Å²) in [4.78, 5) is 0. The van der Waals surface area contributed by atoms with Crippen molar-refractivity contribution in [1.29, 1.82) is 0 Å². The number of rotatable bonds is 4. The molecule has 15 heavy (non-hydrogen) atoms. The average Bonchev–Trinajstić information content (AvgIpc) is 2.28. The van der Waals surface area contributed by atoms with E-state index in [1.54, 1.807) is 7.11 Å². The van der Waals surface area contributed by atoms with E-state index in [0.717, 1.165) is 12.8 Å². The number of methoxy groups -OCH3 is 2. The third kappa shape index (κ3) is 3.67. The summed E-state index contributed by atoms with van der Waals surface area (Å²) in [5, 5.41) is 0. The maximum absolute atomic E-state index is 6.23. The summed E-state index contributed by atoms with van der Waals surface area (Å²) in [6, 6.07) is 0. The Morgan fingerprint density at radius 2 is 1.93 bits per heavy atom. The first-order valence-electron chi connectivity index (χ1n) is 5.31. The van der Waals surface area contributed by atoms with Crippen LogP contribution in [0.2, 0.25) is 6.85 Å². The van der Waals surface area contributed by atoms with Crippen molar-refractivity contribution in [2.24, 2.45) is 0 Å². The van der Waals surface area contributed by atoms with Crippen LogP contribution in [-0.4, -0.2) is 25.9 Å². The van der Waals surface area contributed by atoms with Crippen LogP contribution in [0.3, 0.4) is 0 Å². The monoisotopic (exact) mass is 630 g/mol. The molecule has 0 spiro atoms. The molecule has 4 unspecified atom stereocenters. The van der Waals surface area contributed by atoms with Crippen molar-refractivity contribution in [2.75, 3.05) is 14.2 Å². The Labute approximate surface area is 123 Å². The fourth-order valence-electron chi connectivity index (χ4n) is 2.46. The molecule has 0 amide bonds. The molecular weight excluding hydrogens is 612 g/mol. The number of hydrogen-bond donors (Lipinski definition) is 0. The molecule has 0 bridgehead atoms. The van der Waals surface area contributed by atoms with Crippen LogP contribution in [0.15, 0.2) is 0 Å². The molecule has 0 aromatic rings. The van der Waals surface area contributed by atoms with E-state index in [1.807, 2.05) is 7.11 Å². The summed E-state index contributed by atoms with van der Waals surface area (Å²) < 4.78 is 12.5. The first kappa shape index (κ1) is 15.4. The molecule has 0 N–H and O–H groups in total. The van der Waals surface area contributed by atoms with Gasteiger partial charge in [0.15, 0.2) is 0 Å². The van der Waals surface area contributed by atoms with Crippen LogP contribution in [0.5, 0.6) is 0 Å². The van der Waals surface area contributed by atoms with Gasteiger partial charge in [0.05, 0.1) is 0 Å². The minimum absolute atomic E-state index is 0.00209. The molecule has 0 aromatic heterocycles. The average molecular weight is 628 g/mol. The molecule has 82 valence electrons. The van der Waals surface area contributed by atoms with Crippen molar-refractivity contribution >= 4 is 16.5 Å². The Bertz CT molecular complexity index is 209. The third-order valence-corrected chi connectivity index (χ3v) is 21.3. The van der Waals surface area contributed by atoms with Gasteiger partial charge in [-0.25, -0.2) is 0 Å². The summed E-state index contributed by atoms with van der Waals surface area (Å²) in [5.41, 5.74) is -0.00209. The van der Waals surface area contributed by atoms with E-state index < -0.39 is 46.7 Å². The molecule has 0 aliphatic heterocycles. The van der Waals surface area contributed by atoms with Gasteiger partial charge in [-0.05, 0) is 0 Å². The Kier molecular flexibility index (Phi) is 7.28. The van der Waals surface area contributed by atoms with E-state index in [1.165, 1.54) is 0 Å². The summed E-state index contributed by atoms with van der Waals surface area (Å²) in [7, 11) is 16.0. The second kappa shape index (κ2) is 7.08. The van der Waals surface area contributed by atoms with Gasteiger partial charge in [0.1, 0.15) is 0 Å². The van der Waals surface area contributed by atoms with Gasteiger partial charge in [0.2, 0.25) is 0 Å².